The van der Waals surface area contributed by atoms with Gasteiger partial charge in [0, 0.05) is 5.69 Å². The van der Waals surface area contributed by atoms with Gasteiger partial charge >= 0.3 is 5.97 Å². The molecule has 1 heterocycles. The van der Waals surface area contributed by atoms with Crippen molar-refractivity contribution >= 4 is 29.5 Å². The summed E-state index contributed by atoms with van der Waals surface area (Å²) in [4.78, 5) is 36.2. The molecule has 4 N–H and O–H groups in total. The lowest BCUT2D eigenvalue weighted by Crippen LogP contribution is -2.31. The highest BCUT2D eigenvalue weighted by atomic mass is 16.5. The number of esters is 1. The number of rotatable bonds is 9. The van der Waals surface area contributed by atoms with Crippen LogP contribution in [0.2, 0.25) is 0 Å². The molecule has 0 saturated heterocycles. The van der Waals surface area contributed by atoms with Crippen molar-refractivity contribution in [2.45, 2.75) is 26.4 Å². The van der Waals surface area contributed by atoms with Gasteiger partial charge in [-0.25, -0.2) is 0 Å². The molecule has 0 saturated carbocycles. The number of amides is 1. The average molecular weight is 420 g/mol. The predicted molar refractivity (Wildman–Crippen MR) is 116 cm³/mol. The second-order valence-electron chi connectivity index (χ2n) is 6.67. The summed E-state index contributed by atoms with van der Waals surface area (Å²) in [7, 11) is 0. The highest BCUT2D eigenvalue weighted by Crippen LogP contribution is 2.19. The van der Waals surface area contributed by atoms with E-state index in [1.165, 1.54) is 0 Å². The lowest BCUT2D eigenvalue weighted by atomic mass is 10.1. The molecule has 0 fully saturated rings. The summed E-state index contributed by atoms with van der Waals surface area (Å²) in [5.74, 6) is -0.405. The maximum atomic E-state index is 12.0. The van der Waals surface area contributed by atoms with Crippen LogP contribution in [0.5, 0.6) is 0 Å². The van der Waals surface area contributed by atoms with Crippen LogP contribution in [0.15, 0.2) is 54.6 Å². The Morgan fingerprint density at radius 3 is 2.52 bits per heavy atom. The molecule has 0 radical (unpaired) electrons. The number of nitrogen functional groups attached to an aromatic ring is 1. The smallest absolute Gasteiger partial charge is 0.325 e. The summed E-state index contributed by atoms with van der Waals surface area (Å²) in [6.45, 7) is 1.61. The highest BCUT2D eigenvalue weighted by molar-refractivity contribution is 5.83. The second kappa shape index (κ2) is 10.7. The number of benzene rings is 2. The van der Waals surface area contributed by atoms with Crippen LogP contribution in [-0.4, -0.2) is 33.4 Å². The molecule has 0 spiro atoms. The SMILES string of the molecule is CCc1ccccc1Nc1nc(N)nc(COC(=O)CNC(=O)Cc2ccccc2)n1. The van der Waals surface area contributed by atoms with E-state index in [1.807, 2.05) is 61.5 Å². The Labute approximate surface area is 180 Å². The van der Waals surface area contributed by atoms with Gasteiger partial charge in [-0.1, -0.05) is 55.5 Å². The van der Waals surface area contributed by atoms with E-state index in [-0.39, 0.29) is 43.2 Å². The monoisotopic (exact) mass is 420 g/mol. The number of carbonyl (C=O) groups is 2. The van der Waals surface area contributed by atoms with Crippen molar-refractivity contribution in [3.63, 3.8) is 0 Å². The van der Waals surface area contributed by atoms with Gasteiger partial charge in [-0.3, -0.25) is 9.59 Å². The molecule has 160 valence electrons. The first-order valence-electron chi connectivity index (χ1n) is 9.85. The minimum Gasteiger partial charge on any atom is -0.456 e. The van der Waals surface area contributed by atoms with Gasteiger partial charge in [-0.2, -0.15) is 15.0 Å². The fourth-order valence-electron chi connectivity index (χ4n) is 2.84. The normalized spacial score (nSPS) is 10.4. The topological polar surface area (TPSA) is 132 Å². The zero-order chi connectivity index (χ0) is 22.1. The Balaban J connectivity index is 1.51. The van der Waals surface area contributed by atoms with E-state index in [0.29, 0.717) is 0 Å². The van der Waals surface area contributed by atoms with Gasteiger partial charge in [-0.15, -0.1) is 0 Å². The van der Waals surface area contributed by atoms with Crippen molar-refractivity contribution in [2.24, 2.45) is 0 Å². The maximum Gasteiger partial charge on any atom is 0.325 e. The van der Waals surface area contributed by atoms with E-state index in [4.69, 9.17) is 10.5 Å². The minimum absolute atomic E-state index is 0.00805. The third-order valence-electron chi connectivity index (χ3n) is 4.34. The van der Waals surface area contributed by atoms with Crippen molar-refractivity contribution in [3.8, 4) is 0 Å². The van der Waals surface area contributed by atoms with Crippen LogP contribution in [-0.2, 0) is 33.8 Å². The molecule has 31 heavy (non-hydrogen) atoms. The van der Waals surface area contributed by atoms with E-state index in [1.54, 1.807) is 0 Å². The van der Waals surface area contributed by atoms with Crippen LogP contribution < -0.4 is 16.4 Å². The summed E-state index contributed by atoms with van der Waals surface area (Å²) in [5.41, 5.74) is 8.58. The first-order chi connectivity index (χ1) is 15.0. The molecule has 0 unspecified atom stereocenters. The maximum absolute atomic E-state index is 12.0. The Morgan fingerprint density at radius 1 is 1.00 bits per heavy atom. The third kappa shape index (κ3) is 6.77. The molecule has 0 atom stereocenters. The number of nitrogens with two attached hydrogens (primary N) is 1. The summed E-state index contributed by atoms with van der Waals surface area (Å²) in [6.07, 6.45) is 1.02. The first kappa shape index (κ1) is 21.7. The molecular weight excluding hydrogens is 396 g/mol. The lowest BCUT2D eigenvalue weighted by Gasteiger charge is -2.11. The van der Waals surface area contributed by atoms with Crippen LogP contribution in [0.1, 0.15) is 23.9 Å². The summed E-state index contributed by atoms with van der Waals surface area (Å²) in [6, 6.07) is 17.0. The molecule has 1 amide bonds. The van der Waals surface area contributed by atoms with E-state index in [9.17, 15) is 9.59 Å². The number of nitrogens with one attached hydrogen (secondary N) is 2. The van der Waals surface area contributed by atoms with Crippen LogP contribution >= 0.6 is 0 Å². The van der Waals surface area contributed by atoms with Crippen molar-refractivity contribution < 1.29 is 14.3 Å². The van der Waals surface area contributed by atoms with Gasteiger partial charge in [0.25, 0.3) is 0 Å². The van der Waals surface area contributed by atoms with Gasteiger partial charge in [0.2, 0.25) is 17.8 Å². The Morgan fingerprint density at radius 2 is 1.74 bits per heavy atom. The van der Waals surface area contributed by atoms with Gasteiger partial charge < -0.3 is 21.1 Å². The van der Waals surface area contributed by atoms with Crippen LogP contribution in [0.25, 0.3) is 0 Å². The van der Waals surface area contributed by atoms with Crippen LogP contribution in [0.4, 0.5) is 17.6 Å². The van der Waals surface area contributed by atoms with E-state index in [0.717, 1.165) is 23.2 Å². The van der Waals surface area contributed by atoms with Crippen molar-refractivity contribution in [1.82, 2.24) is 20.3 Å². The quantitative estimate of drug-likeness (QED) is 0.449. The molecule has 0 aliphatic rings. The number of hydrogen-bond acceptors (Lipinski definition) is 8. The van der Waals surface area contributed by atoms with Crippen molar-refractivity contribution in [3.05, 3.63) is 71.5 Å². The number of aromatic nitrogens is 3. The van der Waals surface area contributed by atoms with Gasteiger partial charge in [-0.05, 0) is 23.6 Å². The number of para-hydroxylation sites is 1. The largest absolute Gasteiger partial charge is 0.456 e. The zero-order valence-electron chi connectivity index (χ0n) is 17.2. The summed E-state index contributed by atoms with van der Waals surface area (Å²) in [5, 5.41) is 5.65. The molecule has 0 aliphatic carbocycles. The zero-order valence-corrected chi connectivity index (χ0v) is 17.2. The molecule has 9 heteroatoms. The lowest BCUT2D eigenvalue weighted by molar-refractivity contribution is -0.145. The minimum atomic E-state index is -0.605. The van der Waals surface area contributed by atoms with Gasteiger partial charge in [0.05, 0.1) is 6.42 Å². The van der Waals surface area contributed by atoms with Crippen molar-refractivity contribution in [2.75, 3.05) is 17.6 Å². The fourth-order valence-corrected chi connectivity index (χ4v) is 2.84. The molecule has 3 aromatic rings. The third-order valence-corrected chi connectivity index (χ3v) is 4.34. The summed E-state index contributed by atoms with van der Waals surface area (Å²) >= 11 is 0. The van der Waals surface area contributed by atoms with Crippen molar-refractivity contribution in [1.29, 1.82) is 0 Å². The number of nitrogens with zero attached hydrogens (tertiary/aromatic N) is 3. The number of anilines is 3. The van der Waals surface area contributed by atoms with E-state index >= 15 is 0 Å². The van der Waals surface area contributed by atoms with Gasteiger partial charge in [0.1, 0.15) is 6.54 Å². The highest BCUT2D eigenvalue weighted by Gasteiger charge is 2.11. The average Bonchev–Trinajstić information content (AvgIpc) is 2.77. The molecule has 2 aromatic carbocycles. The molecule has 1 aromatic heterocycles. The molecule has 9 nitrogen and oxygen atoms in total. The number of aryl methyl sites for hydroxylation is 1. The predicted octanol–water partition coefficient (Wildman–Crippen LogP) is 2.16. The Bertz CT molecular complexity index is 1040. The molecule has 0 bridgehead atoms. The first-order valence-corrected chi connectivity index (χ1v) is 9.85. The standard InChI is InChI=1S/C22H24N6O3/c1-2-16-10-6-7-11-17(16)25-22-27-18(26-21(23)28-22)14-31-20(30)13-24-19(29)12-15-8-4-3-5-9-15/h3-11H,2,12-14H2,1H3,(H,24,29)(H3,23,25,26,27,28). The number of carbonyl (C=O) groups excluding carboxylic acids is 2. The van der Waals surface area contributed by atoms with Crippen LogP contribution in [0.3, 0.4) is 0 Å². The van der Waals surface area contributed by atoms with E-state index in [2.05, 4.69) is 25.6 Å². The summed E-state index contributed by atoms with van der Waals surface area (Å²) < 4.78 is 5.14. The number of ether oxygens (including phenoxy) is 1. The molecular formula is C22H24N6O3. The second-order valence-corrected chi connectivity index (χ2v) is 6.67. The Kier molecular flexibility index (Phi) is 7.47. The molecule has 0 aliphatic heterocycles. The fraction of sp³-hybridized carbons (Fsp3) is 0.227. The van der Waals surface area contributed by atoms with Crippen LogP contribution in [0, 0.1) is 0 Å². The number of hydrogen-bond donors (Lipinski definition) is 3. The van der Waals surface area contributed by atoms with E-state index < -0.39 is 5.97 Å². The van der Waals surface area contributed by atoms with Gasteiger partial charge in [0.15, 0.2) is 12.4 Å². The Hall–Kier alpha value is -4.01. The molecule has 3 rings (SSSR count).